The number of aromatic nitrogens is 1. The van der Waals surface area contributed by atoms with Crippen LogP contribution in [0.15, 0.2) is 72.8 Å². The summed E-state index contributed by atoms with van der Waals surface area (Å²) in [4.78, 5) is 15.5. The average Bonchev–Trinajstić information content (AvgIpc) is 2.98. The lowest BCUT2D eigenvalue weighted by Gasteiger charge is -2.05. The molecule has 1 aromatic heterocycles. The van der Waals surface area contributed by atoms with Gasteiger partial charge in [0.2, 0.25) is 0 Å². The maximum Gasteiger partial charge on any atom is 0.200 e. The van der Waals surface area contributed by atoms with E-state index in [1.165, 1.54) is 5.39 Å². The first-order chi connectivity index (χ1) is 11.3. The molecular weight excluding hydrogens is 286 g/mol. The zero-order chi connectivity index (χ0) is 15.6. The molecule has 3 heteroatoms. The largest absolute Gasteiger partial charge is 0.485 e. The van der Waals surface area contributed by atoms with Crippen LogP contribution in [0.1, 0.15) is 10.4 Å². The van der Waals surface area contributed by atoms with E-state index >= 15 is 0 Å². The van der Waals surface area contributed by atoms with Crippen molar-refractivity contribution in [1.29, 1.82) is 0 Å². The predicted octanol–water partition coefficient (Wildman–Crippen LogP) is 4.58. The molecule has 1 N–H and O–H groups in total. The molecule has 23 heavy (non-hydrogen) atoms. The van der Waals surface area contributed by atoms with Gasteiger partial charge in [-0.1, -0.05) is 48.5 Å². The number of rotatable bonds is 4. The zero-order valence-electron chi connectivity index (χ0n) is 12.5. The van der Waals surface area contributed by atoms with E-state index in [4.69, 9.17) is 4.74 Å². The number of carbonyl (C=O) groups is 1. The highest BCUT2D eigenvalue weighted by atomic mass is 16.5. The Morgan fingerprint density at radius 1 is 0.826 bits per heavy atom. The third-order valence-electron chi connectivity index (χ3n) is 3.94. The van der Waals surface area contributed by atoms with Crippen molar-refractivity contribution in [1.82, 2.24) is 4.98 Å². The van der Waals surface area contributed by atoms with E-state index in [2.05, 4.69) is 17.1 Å². The Morgan fingerprint density at radius 2 is 1.57 bits per heavy atom. The minimum absolute atomic E-state index is 0.0256. The Balaban J connectivity index is 1.58. The molecule has 0 aliphatic rings. The number of ketones is 1. The first kappa shape index (κ1) is 13.6. The van der Waals surface area contributed by atoms with Gasteiger partial charge in [0.15, 0.2) is 12.4 Å². The minimum atomic E-state index is -0.0256. The van der Waals surface area contributed by atoms with E-state index in [9.17, 15) is 4.79 Å². The fraction of sp³-hybridized carbons (Fsp3) is 0.0500. The summed E-state index contributed by atoms with van der Waals surface area (Å²) in [5.41, 5.74) is 2.77. The highest BCUT2D eigenvalue weighted by molar-refractivity contribution is 6.07. The quantitative estimate of drug-likeness (QED) is 0.560. The third kappa shape index (κ3) is 2.57. The zero-order valence-corrected chi connectivity index (χ0v) is 12.5. The fourth-order valence-corrected chi connectivity index (χ4v) is 2.78. The molecule has 3 nitrogen and oxygen atoms in total. The van der Waals surface area contributed by atoms with Crippen molar-refractivity contribution < 1.29 is 9.53 Å². The number of ether oxygens (including phenoxy) is 1. The maximum atomic E-state index is 12.1. The molecule has 4 aromatic rings. The summed E-state index contributed by atoms with van der Waals surface area (Å²) in [7, 11) is 0. The minimum Gasteiger partial charge on any atom is -0.485 e. The number of H-pyrrole nitrogens is 1. The fourth-order valence-electron chi connectivity index (χ4n) is 2.78. The summed E-state index contributed by atoms with van der Waals surface area (Å²) in [6, 6.07) is 23.2. The summed E-state index contributed by atoms with van der Waals surface area (Å²) in [5, 5.41) is 2.34. The normalized spacial score (nSPS) is 11.0. The summed E-state index contributed by atoms with van der Waals surface area (Å²) in [5.74, 6) is 0.663. The molecule has 0 aliphatic carbocycles. The summed E-state index contributed by atoms with van der Waals surface area (Å²) >= 11 is 0. The highest BCUT2D eigenvalue weighted by Gasteiger charge is 2.08. The van der Waals surface area contributed by atoms with Gasteiger partial charge < -0.3 is 9.72 Å². The first-order valence-corrected chi connectivity index (χ1v) is 7.53. The molecule has 0 spiro atoms. The van der Waals surface area contributed by atoms with E-state index in [1.807, 2.05) is 48.5 Å². The van der Waals surface area contributed by atoms with Gasteiger partial charge in [-0.15, -0.1) is 0 Å². The van der Waals surface area contributed by atoms with Gasteiger partial charge in [-0.25, -0.2) is 0 Å². The lowest BCUT2D eigenvalue weighted by molar-refractivity contribution is 0.0921. The topological polar surface area (TPSA) is 42.1 Å². The molecular formula is C20H15NO2. The Labute approximate surface area is 133 Å². The van der Waals surface area contributed by atoms with E-state index < -0.39 is 0 Å². The second-order valence-electron chi connectivity index (χ2n) is 5.46. The van der Waals surface area contributed by atoms with Crippen LogP contribution in [0.5, 0.6) is 5.75 Å². The molecule has 0 unspecified atom stereocenters. The lowest BCUT2D eigenvalue weighted by Crippen LogP contribution is -2.11. The number of carbonyl (C=O) groups excluding carboxylic acids is 1. The molecule has 0 atom stereocenters. The monoisotopic (exact) mass is 301 g/mol. The van der Waals surface area contributed by atoms with Crippen LogP contribution in [0.3, 0.4) is 0 Å². The molecule has 112 valence electrons. The van der Waals surface area contributed by atoms with Crippen molar-refractivity contribution in [2.75, 3.05) is 6.61 Å². The van der Waals surface area contributed by atoms with Crippen LogP contribution in [0.2, 0.25) is 0 Å². The standard InChI is InChI=1S/C20H15NO2/c22-20(14-6-2-1-3-7-14)13-23-15-10-11-17-16-8-4-5-9-18(16)21-19(17)12-15/h1-12,21H,13H2. The van der Waals surface area contributed by atoms with Gasteiger partial charge in [-0.3, -0.25) is 4.79 Å². The van der Waals surface area contributed by atoms with Crippen LogP contribution in [0.4, 0.5) is 0 Å². The molecule has 3 aromatic carbocycles. The van der Waals surface area contributed by atoms with E-state index in [1.54, 1.807) is 12.1 Å². The summed E-state index contributed by atoms with van der Waals surface area (Å²) < 4.78 is 5.66. The SMILES string of the molecule is O=C(COc1ccc2c(c1)[nH]c1ccccc12)c1ccccc1. The predicted molar refractivity (Wildman–Crippen MR) is 92.1 cm³/mol. The number of hydrogen-bond donors (Lipinski definition) is 1. The number of nitrogens with one attached hydrogen (secondary N) is 1. The number of Topliss-reactive ketones (excluding diaryl/α,β-unsaturated/α-hetero) is 1. The van der Waals surface area contributed by atoms with E-state index in [-0.39, 0.29) is 12.4 Å². The van der Waals surface area contributed by atoms with Gasteiger partial charge in [0, 0.05) is 27.9 Å². The van der Waals surface area contributed by atoms with Crippen molar-refractivity contribution in [3.63, 3.8) is 0 Å². The Bertz CT molecular complexity index is 986. The van der Waals surface area contributed by atoms with Crippen LogP contribution in [0, 0.1) is 0 Å². The van der Waals surface area contributed by atoms with Crippen molar-refractivity contribution >= 4 is 27.6 Å². The van der Waals surface area contributed by atoms with Gasteiger partial charge in [0.05, 0.1) is 5.52 Å². The van der Waals surface area contributed by atoms with Crippen LogP contribution in [0.25, 0.3) is 21.8 Å². The molecule has 0 radical (unpaired) electrons. The molecule has 0 saturated carbocycles. The van der Waals surface area contributed by atoms with Crippen molar-refractivity contribution in [2.45, 2.75) is 0 Å². The molecule has 0 aliphatic heterocycles. The van der Waals surface area contributed by atoms with Gasteiger partial charge >= 0.3 is 0 Å². The second kappa shape index (κ2) is 5.61. The van der Waals surface area contributed by atoms with Crippen LogP contribution in [-0.4, -0.2) is 17.4 Å². The molecule has 0 fully saturated rings. The smallest absolute Gasteiger partial charge is 0.200 e. The van der Waals surface area contributed by atoms with Crippen LogP contribution in [-0.2, 0) is 0 Å². The van der Waals surface area contributed by atoms with Gasteiger partial charge in [-0.05, 0) is 18.2 Å². The number of fused-ring (bicyclic) bond motifs is 3. The van der Waals surface area contributed by atoms with Crippen molar-refractivity contribution in [3.05, 3.63) is 78.4 Å². The maximum absolute atomic E-state index is 12.1. The van der Waals surface area contributed by atoms with Crippen LogP contribution >= 0.6 is 0 Å². The first-order valence-electron chi connectivity index (χ1n) is 7.53. The van der Waals surface area contributed by atoms with E-state index in [0.717, 1.165) is 16.4 Å². The van der Waals surface area contributed by atoms with Gasteiger partial charge in [-0.2, -0.15) is 0 Å². The number of benzene rings is 3. The van der Waals surface area contributed by atoms with Crippen molar-refractivity contribution in [3.8, 4) is 5.75 Å². The molecule has 4 rings (SSSR count). The van der Waals surface area contributed by atoms with Gasteiger partial charge in [0.1, 0.15) is 5.75 Å². The number of aromatic amines is 1. The summed E-state index contributed by atoms with van der Waals surface area (Å²) in [6.07, 6.45) is 0. The van der Waals surface area contributed by atoms with Crippen LogP contribution < -0.4 is 4.74 Å². The molecule has 0 saturated heterocycles. The Morgan fingerprint density at radius 3 is 2.43 bits per heavy atom. The number of hydrogen-bond acceptors (Lipinski definition) is 2. The average molecular weight is 301 g/mol. The third-order valence-corrected chi connectivity index (χ3v) is 3.94. The van der Waals surface area contributed by atoms with Crippen molar-refractivity contribution in [2.24, 2.45) is 0 Å². The Kier molecular flexibility index (Phi) is 3.31. The van der Waals surface area contributed by atoms with E-state index in [0.29, 0.717) is 11.3 Å². The highest BCUT2D eigenvalue weighted by Crippen LogP contribution is 2.28. The Hall–Kier alpha value is -3.07. The summed E-state index contributed by atoms with van der Waals surface area (Å²) in [6.45, 7) is 0.0374. The lowest BCUT2D eigenvalue weighted by atomic mass is 10.1. The van der Waals surface area contributed by atoms with Gasteiger partial charge in [0.25, 0.3) is 0 Å². The number of para-hydroxylation sites is 1. The molecule has 0 bridgehead atoms. The molecule has 1 heterocycles. The molecule has 0 amide bonds. The second-order valence-corrected chi connectivity index (χ2v) is 5.46.